The highest BCUT2D eigenvalue weighted by Crippen LogP contribution is 2.40. The van der Waals surface area contributed by atoms with Gasteiger partial charge in [0, 0.05) is 43.2 Å². The fraction of sp³-hybridized carbons (Fsp3) is 0.409. The van der Waals surface area contributed by atoms with Gasteiger partial charge in [0.25, 0.3) is 5.91 Å². The zero-order chi connectivity index (χ0) is 44.3. The maximum absolute atomic E-state index is 14.4. The van der Waals surface area contributed by atoms with E-state index in [2.05, 4.69) is 15.2 Å². The Morgan fingerprint density at radius 1 is 0.889 bits per heavy atom. The summed E-state index contributed by atoms with van der Waals surface area (Å²) in [6.07, 6.45) is 4.91. The third-order valence-electron chi connectivity index (χ3n) is 11.6. The number of hydrogen-bond donors (Lipinski definition) is 1. The van der Waals surface area contributed by atoms with Crippen LogP contribution >= 0.6 is 35.0 Å². The average Bonchev–Trinajstić information content (AvgIpc) is 3.97. The van der Waals surface area contributed by atoms with Crippen molar-refractivity contribution in [2.75, 3.05) is 38.5 Å². The van der Waals surface area contributed by atoms with E-state index in [4.69, 9.17) is 42.1 Å². The lowest BCUT2D eigenvalue weighted by atomic mass is 9.86. The second-order valence-corrected chi connectivity index (χ2v) is 19.7. The summed E-state index contributed by atoms with van der Waals surface area (Å²) in [4.78, 5) is 47.8. The number of piperidine rings is 3. The first-order chi connectivity index (χ1) is 30.3. The fourth-order valence-corrected chi connectivity index (χ4v) is 11.6. The van der Waals surface area contributed by atoms with Crippen LogP contribution in [0.5, 0.6) is 11.5 Å². The third-order valence-corrected chi connectivity index (χ3v) is 15.4. The number of hydrogen-bond acceptors (Lipinski definition) is 12. The van der Waals surface area contributed by atoms with Crippen LogP contribution in [0, 0.1) is 11.8 Å². The van der Waals surface area contributed by atoms with Crippen molar-refractivity contribution in [1.29, 1.82) is 0 Å². The van der Waals surface area contributed by atoms with Crippen molar-refractivity contribution < 1.29 is 50.5 Å². The smallest absolute Gasteiger partial charge is 0.387 e. The van der Waals surface area contributed by atoms with Crippen LogP contribution in [-0.4, -0.2) is 97.1 Å². The van der Waals surface area contributed by atoms with Crippen molar-refractivity contribution in [2.45, 2.75) is 67.2 Å². The molecule has 4 saturated heterocycles. The number of nitrogens with one attached hydrogen (secondary N) is 1. The maximum Gasteiger partial charge on any atom is 0.387 e. The number of alkyl halides is 2. The molecule has 13 nitrogen and oxygen atoms in total. The van der Waals surface area contributed by atoms with E-state index in [9.17, 15) is 31.6 Å². The Morgan fingerprint density at radius 3 is 2.32 bits per heavy atom. The second-order valence-electron chi connectivity index (χ2n) is 15.8. The van der Waals surface area contributed by atoms with Crippen molar-refractivity contribution >= 4 is 62.8 Å². The lowest BCUT2D eigenvalue weighted by molar-refractivity contribution is -0.161. The summed E-state index contributed by atoms with van der Waals surface area (Å²) in [7, 11) is -4.44. The summed E-state index contributed by atoms with van der Waals surface area (Å²) in [6, 6.07) is 17.0. The van der Waals surface area contributed by atoms with Gasteiger partial charge in [0.15, 0.2) is 22.9 Å². The Hall–Kier alpha value is -4.52. The van der Waals surface area contributed by atoms with E-state index in [-0.39, 0.29) is 75.3 Å². The number of carbonyl (C=O) groups is 3. The van der Waals surface area contributed by atoms with E-state index in [1.807, 2.05) is 0 Å². The van der Waals surface area contributed by atoms with Crippen LogP contribution in [-0.2, 0) is 35.5 Å². The van der Waals surface area contributed by atoms with Crippen molar-refractivity contribution in [3.05, 3.63) is 117 Å². The molecule has 5 fully saturated rings. The number of sulfonamides is 1. The van der Waals surface area contributed by atoms with Gasteiger partial charge in [-0.25, -0.2) is 18.0 Å². The molecule has 5 aliphatic rings. The molecule has 4 atom stereocenters. The van der Waals surface area contributed by atoms with E-state index in [0.29, 0.717) is 23.2 Å². The normalized spacial score (nSPS) is 22.0. The maximum atomic E-state index is 14.4. The predicted octanol–water partition coefficient (Wildman–Crippen LogP) is 7.48. The van der Waals surface area contributed by atoms with E-state index in [0.717, 1.165) is 54.8 Å². The van der Waals surface area contributed by atoms with E-state index < -0.39 is 52.0 Å². The van der Waals surface area contributed by atoms with Crippen LogP contribution in [0.15, 0.2) is 90.1 Å². The number of halogens is 4. The molecule has 1 amide bonds. The standard InChI is InChI=1S/C44H44Cl2F2N4O9S2/c45-33-22-49-23-34(46)32(33)21-36(29-11-12-35(61-44(47)48)37(20-29)58-25-26-9-10-26)59-43(55)41-52(17-18-62-41)63(56,57)31-8-4-7-30(19-31)40(53)50-39(28-5-2-1-3-6-28)42(54)60-38-24-51-15-13-27(38)14-16-51/h1-8,11-12,19-20,22-23,26-27,36,38-39,41,44H,9-10,13-18,21,24-25H2,(H,50,53)/t36-,38-,39?,41-/m0/s1. The number of carbonyl (C=O) groups excluding carboxylic acids is 3. The number of rotatable bonds is 17. The van der Waals surface area contributed by atoms with Crippen LogP contribution in [0.4, 0.5) is 8.78 Å². The molecule has 4 aromatic rings. The summed E-state index contributed by atoms with van der Waals surface area (Å²) < 4.78 is 79.2. The van der Waals surface area contributed by atoms with Gasteiger partial charge in [-0.3, -0.25) is 14.7 Å². The first-order valence-corrected chi connectivity index (χ1v) is 23.8. The molecule has 1 N–H and O–H groups in total. The number of ether oxygens (including phenoxy) is 4. The molecule has 19 heteroatoms. The molecule has 2 bridgehead atoms. The van der Waals surface area contributed by atoms with Gasteiger partial charge in [-0.1, -0.05) is 65.7 Å². The summed E-state index contributed by atoms with van der Waals surface area (Å²) in [5.41, 5.74) is 1.16. The number of benzene rings is 3. The minimum atomic E-state index is -4.44. The number of aromatic nitrogens is 1. The van der Waals surface area contributed by atoms with Crippen LogP contribution in [0.1, 0.15) is 64.9 Å². The Balaban J connectivity index is 1.02. The highest BCUT2D eigenvalue weighted by Gasteiger charge is 2.43. The summed E-state index contributed by atoms with van der Waals surface area (Å²) >= 11 is 14.0. The van der Waals surface area contributed by atoms with Crippen LogP contribution < -0.4 is 14.8 Å². The topological polar surface area (TPSA) is 154 Å². The van der Waals surface area contributed by atoms with Gasteiger partial charge >= 0.3 is 18.6 Å². The lowest BCUT2D eigenvalue weighted by Crippen LogP contribution is -2.52. The van der Waals surface area contributed by atoms with Gasteiger partial charge in [0.2, 0.25) is 10.0 Å². The molecule has 1 aliphatic carbocycles. The van der Waals surface area contributed by atoms with E-state index in [1.165, 1.54) is 54.9 Å². The van der Waals surface area contributed by atoms with E-state index >= 15 is 0 Å². The molecule has 63 heavy (non-hydrogen) atoms. The van der Waals surface area contributed by atoms with Crippen molar-refractivity contribution in [3.8, 4) is 11.5 Å². The molecule has 0 radical (unpaired) electrons. The van der Waals surface area contributed by atoms with Crippen LogP contribution in [0.2, 0.25) is 10.0 Å². The van der Waals surface area contributed by atoms with Gasteiger partial charge < -0.3 is 24.3 Å². The molecule has 1 aromatic heterocycles. The minimum absolute atomic E-state index is 0.0113. The highest BCUT2D eigenvalue weighted by molar-refractivity contribution is 8.02. The zero-order valence-electron chi connectivity index (χ0n) is 33.7. The van der Waals surface area contributed by atoms with Crippen LogP contribution in [0.3, 0.4) is 0 Å². The quantitative estimate of drug-likeness (QED) is 0.105. The van der Waals surface area contributed by atoms with Gasteiger partial charge in [0.05, 0.1) is 21.5 Å². The Bertz CT molecular complexity index is 2410. The van der Waals surface area contributed by atoms with Crippen molar-refractivity contribution in [1.82, 2.24) is 19.5 Å². The second kappa shape index (κ2) is 19.7. The number of pyridine rings is 1. The number of thioether (sulfide) groups is 1. The molecule has 0 spiro atoms. The molecule has 4 aliphatic heterocycles. The molecule has 9 rings (SSSR count). The van der Waals surface area contributed by atoms with Gasteiger partial charge in [-0.2, -0.15) is 13.1 Å². The van der Waals surface area contributed by atoms with Gasteiger partial charge in [0.1, 0.15) is 12.2 Å². The Labute approximate surface area is 377 Å². The number of esters is 2. The fourth-order valence-electron chi connectivity index (χ4n) is 7.99. The van der Waals surface area contributed by atoms with Gasteiger partial charge in [-0.15, -0.1) is 11.8 Å². The average molecular weight is 946 g/mol. The molecule has 1 saturated carbocycles. The number of fused-ring (bicyclic) bond motifs is 3. The SMILES string of the molecule is O=C(NC(C(=O)O[C@H]1CN2CCC1CC2)c1ccccc1)c1cccc(S(=O)(=O)N2CCS[C@H]2C(=O)O[C@@H](Cc2c(Cl)cncc2Cl)c2ccc(OC(F)F)c(OCC3CC3)c2)c1. The predicted molar refractivity (Wildman–Crippen MR) is 230 cm³/mol. The van der Waals surface area contributed by atoms with E-state index in [1.54, 1.807) is 30.3 Å². The Morgan fingerprint density at radius 2 is 1.63 bits per heavy atom. The van der Waals surface area contributed by atoms with Crippen molar-refractivity contribution in [2.24, 2.45) is 11.8 Å². The molecular weight excluding hydrogens is 902 g/mol. The first-order valence-electron chi connectivity index (χ1n) is 20.6. The van der Waals surface area contributed by atoms with Crippen LogP contribution in [0.25, 0.3) is 0 Å². The number of nitrogens with zero attached hydrogens (tertiary/aromatic N) is 3. The summed E-state index contributed by atoms with van der Waals surface area (Å²) in [5, 5.41) is 1.77. The largest absolute Gasteiger partial charge is 0.489 e. The Kier molecular flexibility index (Phi) is 14.1. The summed E-state index contributed by atoms with van der Waals surface area (Å²) in [6.45, 7) is -0.368. The van der Waals surface area contributed by atoms with Crippen molar-refractivity contribution in [3.63, 3.8) is 0 Å². The zero-order valence-corrected chi connectivity index (χ0v) is 36.9. The highest BCUT2D eigenvalue weighted by atomic mass is 35.5. The number of amides is 1. The first kappa shape index (κ1) is 45.1. The lowest BCUT2D eigenvalue weighted by Gasteiger charge is -2.44. The molecule has 334 valence electrons. The van der Waals surface area contributed by atoms with Gasteiger partial charge in [-0.05, 0) is 97.6 Å². The summed E-state index contributed by atoms with van der Waals surface area (Å²) in [5.74, 6) is -1.68. The molecule has 3 aromatic carbocycles. The molecule has 5 heterocycles. The molecular formula is C44H44Cl2F2N4O9S2. The third kappa shape index (κ3) is 10.7. The monoisotopic (exact) mass is 944 g/mol. The molecule has 1 unspecified atom stereocenters. The minimum Gasteiger partial charge on any atom is -0.489 e.